The number of ether oxygens (including phenoxy) is 2. The van der Waals surface area contributed by atoms with Gasteiger partial charge in [-0.15, -0.1) is 0 Å². The van der Waals surface area contributed by atoms with E-state index in [0.29, 0.717) is 24.9 Å². The van der Waals surface area contributed by atoms with Crippen molar-refractivity contribution in [1.82, 2.24) is 9.97 Å². The van der Waals surface area contributed by atoms with Crippen molar-refractivity contribution >= 4 is 5.82 Å². The lowest BCUT2D eigenvalue weighted by Crippen LogP contribution is -2.08. The van der Waals surface area contributed by atoms with Gasteiger partial charge in [-0.05, 0) is 12.8 Å². The molecule has 0 aliphatic rings. The van der Waals surface area contributed by atoms with E-state index in [0.717, 1.165) is 25.2 Å². The van der Waals surface area contributed by atoms with E-state index in [2.05, 4.69) is 29.1 Å². The molecule has 0 saturated heterocycles. The minimum Gasteiger partial charge on any atom is -0.478 e. The van der Waals surface area contributed by atoms with Crippen LogP contribution in [0.2, 0.25) is 0 Å². The molecule has 0 unspecified atom stereocenters. The average molecular weight is 239 g/mol. The maximum absolute atomic E-state index is 5.52. The van der Waals surface area contributed by atoms with E-state index in [1.54, 1.807) is 7.11 Å². The van der Waals surface area contributed by atoms with E-state index in [-0.39, 0.29) is 0 Å². The van der Waals surface area contributed by atoms with E-state index >= 15 is 0 Å². The van der Waals surface area contributed by atoms with Gasteiger partial charge in [-0.3, -0.25) is 0 Å². The Morgan fingerprint density at radius 2 is 2.06 bits per heavy atom. The third-order valence-corrected chi connectivity index (χ3v) is 2.03. The highest BCUT2D eigenvalue weighted by atomic mass is 16.5. The first kappa shape index (κ1) is 13.7. The SMILES string of the molecule is CCCNc1cc(OCCC)nc(COC)n1. The van der Waals surface area contributed by atoms with Crippen LogP contribution in [0.15, 0.2) is 6.07 Å². The molecular weight excluding hydrogens is 218 g/mol. The highest BCUT2D eigenvalue weighted by Gasteiger charge is 2.05. The molecule has 5 nitrogen and oxygen atoms in total. The minimum absolute atomic E-state index is 0.393. The molecule has 0 fully saturated rings. The van der Waals surface area contributed by atoms with Crippen LogP contribution in [0, 0.1) is 0 Å². The molecule has 0 amide bonds. The first-order valence-corrected chi connectivity index (χ1v) is 6.03. The summed E-state index contributed by atoms with van der Waals surface area (Å²) in [5.74, 6) is 2.03. The minimum atomic E-state index is 0.393. The van der Waals surface area contributed by atoms with Crippen molar-refractivity contribution in [3.63, 3.8) is 0 Å². The van der Waals surface area contributed by atoms with Crippen LogP contribution in [0.25, 0.3) is 0 Å². The molecule has 1 N–H and O–H groups in total. The first-order chi connectivity index (χ1) is 8.30. The van der Waals surface area contributed by atoms with Crippen LogP contribution in [-0.4, -0.2) is 30.2 Å². The van der Waals surface area contributed by atoms with Crippen LogP contribution in [0.4, 0.5) is 5.82 Å². The first-order valence-electron chi connectivity index (χ1n) is 6.03. The van der Waals surface area contributed by atoms with Crippen LogP contribution in [0.5, 0.6) is 5.88 Å². The van der Waals surface area contributed by atoms with Gasteiger partial charge in [0.2, 0.25) is 5.88 Å². The summed E-state index contributed by atoms with van der Waals surface area (Å²) >= 11 is 0. The van der Waals surface area contributed by atoms with Crippen molar-refractivity contribution in [2.75, 3.05) is 25.6 Å². The summed E-state index contributed by atoms with van der Waals surface area (Å²) in [7, 11) is 1.63. The summed E-state index contributed by atoms with van der Waals surface area (Å²) < 4.78 is 10.6. The number of hydrogen-bond acceptors (Lipinski definition) is 5. The third-order valence-electron chi connectivity index (χ3n) is 2.03. The lowest BCUT2D eigenvalue weighted by Gasteiger charge is -2.09. The lowest BCUT2D eigenvalue weighted by atomic mass is 10.4. The molecule has 1 heterocycles. The third kappa shape index (κ3) is 4.99. The normalized spacial score (nSPS) is 10.3. The zero-order valence-electron chi connectivity index (χ0n) is 10.8. The van der Waals surface area contributed by atoms with E-state index in [4.69, 9.17) is 9.47 Å². The Morgan fingerprint density at radius 3 is 2.71 bits per heavy atom. The maximum atomic E-state index is 5.52. The van der Waals surface area contributed by atoms with E-state index in [1.165, 1.54) is 0 Å². The molecular formula is C12H21N3O2. The van der Waals surface area contributed by atoms with Gasteiger partial charge in [-0.25, -0.2) is 4.98 Å². The second-order valence-corrected chi connectivity index (χ2v) is 3.72. The fraction of sp³-hybridized carbons (Fsp3) is 0.667. The van der Waals surface area contributed by atoms with Gasteiger partial charge >= 0.3 is 0 Å². The zero-order chi connectivity index (χ0) is 12.5. The molecule has 0 bridgehead atoms. The Labute approximate surface area is 103 Å². The molecule has 0 aromatic carbocycles. The largest absolute Gasteiger partial charge is 0.478 e. The molecule has 0 radical (unpaired) electrons. The summed E-state index contributed by atoms with van der Waals surface area (Å²) in [5.41, 5.74) is 0. The summed E-state index contributed by atoms with van der Waals surface area (Å²) in [6, 6.07) is 1.82. The summed E-state index contributed by atoms with van der Waals surface area (Å²) in [6.07, 6.45) is 2.01. The van der Waals surface area contributed by atoms with Gasteiger partial charge in [0, 0.05) is 19.7 Å². The molecule has 1 rings (SSSR count). The van der Waals surface area contributed by atoms with Gasteiger partial charge in [-0.2, -0.15) is 4.98 Å². The Bertz CT molecular complexity index is 305. The molecule has 0 aliphatic heterocycles. The molecule has 1 aromatic heterocycles. The predicted octanol–water partition coefficient (Wildman–Crippen LogP) is 2.23. The molecule has 5 heteroatoms. The highest BCUT2D eigenvalue weighted by molar-refractivity contribution is 5.38. The Hall–Kier alpha value is -1.36. The highest BCUT2D eigenvalue weighted by Crippen LogP contribution is 2.14. The monoisotopic (exact) mass is 239 g/mol. The molecule has 0 spiro atoms. The maximum Gasteiger partial charge on any atom is 0.218 e. The molecule has 1 aromatic rings. The van der Waals surface area contributed by atoms with Gasteiger partial charge in [0.15, 0.2) is 5.82 Å². The van der Waals surface area contributed by atoms with Gasteiger partial charge in [0.1, 0.15) is 12.4 Å². The van der Waals surface area contributed by atoms with Crippen molar-refractivity contribution < 1.29 is 9.47 Å². The Morgan fingerprint density at radius 1 is 1.24 bits per heavy atom. The number of anilines is 1. The van der Waals surface area contributed by atoms with Crippen LogP contribution in [0.3, 0.4) is 0 Å². The van der Waals surface area contributed by atoms with E-state index < -0.39 is 0 Å². The topological polar surface area (TPSA) is 56.3 Å². The number of hydrogen-bond donors (Lipinski definition) is 1. The van der Waals surface area contributed by atoms with Gasteiger partial charge in [0.25, 0.3) is 0 Å². The van der Waals surface area contributed by atoms with Crippen LogP contribution in [0.1, 0.15) is 32.5 Å². The molecule has 0 atom stereocenters. The molecule has 96 valence electrons. The number of nitrogens with zero attached hydrogens (tertiary/aromatic N) is 2. The smallest absolute Gasteiger partial charge is 0.218 e. The van der Waals surface area contributed by atoms with E-state index in [9.17, 15) is 0 Å². The fourth-order valence-electron chi connectivity index (χ4n) is 1.29. The van der Waals surface area contributed by atoms with Crippen molar-refractivity contribution in [3.8, 4) is 5.88 Å². The van der Waals surface area contributed by atoms with Crippen LogP contribution < -0.4 is 10.1 Å². The van der Waals surface area contributed by atoms with E-state index in [1.807, 2.05) is 6.07 Å². The zero-order valence-corrected chi connectivity index (χ0v) is 10.8. The van der Waals surface area contributed by atoms with Crippen molar-refractivity contribution in [2.45, 2.75) is 33.3 Å². The van der Waals surface area contributed by atoms with Gasteiger partial charge in [-0.1, -0.05) is 13.8 Å². The van der Waals surface area contributed by atoms with Crippen molar-refractivity contribution in [2.24, 2.45) is 0 Å². The standard InChI is InChI=1S/C12H21N3O2/c1-4-6-13-10-8-12(17-7-5-2)15-11(14-10)9-16-3/h8H,4-7,9H2,1-3H3,(H,13,14,15). The second-order valence-electron chi connectivity index (χ2n) is 3.72. The summed E-state index contributed by atoms with van der Waals surface area (Å²) in [6.45, 7) is 6.11. The number of methoxy groups -OCH3 is 1. The van der Waals surface area contributed by atoms with Crippen molar-refractivity contribution in [3.05, 3.63) is 11.9 Å². The van der Waals surface area contributed by atoms with Gasteiger partial charge in [0.05, 0.1) is 6.61 Å². The quantitative estimate of drug-likeness (QED) is 0.754. The summed E-state index contributed by atoms with van der Waals surface area (Å²) in [4.78, 5) is 8.61. The van der Waals surface area contributed by atoms with Gasteiger partial charge < -0.3 is 14.8 Å². The Kier molecular flexibility index (Phi) is 6.32. The van der Waals surface area contributed by atoms with Crippen molar-refractivity contribution in [1.29, 1.82) is 0 Å². The van der Waals surface area contributed by atoms with Crippen LogP contribution in [-0.2, 0) is 11.3 Å². The predicted molar refractivity (Wildman–Crippen MR) is 67.3 cm³/mol. The Balaban J connectivity index is 2.76. The molecule has 17 heavy (non-hydrogen) atoms. The average Bonchev–Trinajstić information content (AvgIpc) is 2.34. The second kappa shape index (κ2) is 7.84. The number of aromatic nitrogens is 2. The number of rotatable bonds is 8. The lowest BCUT2D eigenvalue weighted by molar-refractivity contribution is 0.176. The molecule has 0 saturated carbocycles. The summed E-state index contributed by atoms with van der Waals surface area (Å²) in [5, 5.41) is 3.22. The number of nitrogens with one attached hydrogen (secondary N) is 1. The fourth-order valence-corrected chi connectivity index (χ4v) is 1.29. The molecule has 0 aliphatic carbocycles. The van der Waals surface area contributed by atoms with Crippen LogP contribution >= 0.6 is 0 Å².